The molecule has 0 unspecified atom stereocenters. The van der Waals surface area contributed by atoms with E-state index in [0.717, 1.165) is 25.9 Å². The normalized spacial score (nSPS) is 21.6. The van der Waals surface area contributed by atoms with Gasteiger partial charge in [-0.1, -0.05) is 0 Å². The van der Waals surface area contributed by atoms with Gasteiger partial charge in [-0.3, -0.25) is 4.79 Å². The molecule has 23 heavy (non-hydrogen) atoms. The summed E-state index contributed by atoms with van der Waals surface area (Å²) in [6.07, 6.45) is 4.49. The quantitative estimate of drug-likeness (QED) is 0.820. The van der Waals surface area contributed by atoms with E-state index in [1.807, 2.05) is 4.90 Å². The van der Waals surface area contributed by atoms with E-state index >= 15 is 0 Å². The first-order chi connectivity index (χ1) is 10.9. The third-order valence-corrected chi connectivity index (χ3v) is 5.89. The topological polar surface area (TPSA) is 80.6 Å². The molecule has 7 nitrogen and oxygen atoms in total. The Hall–Kier alpha value is -1.38. The van der Waals surface area contributed by atoms with Crippen LogP contribution in [-0.2, 0) is 21.8 Å². The highest BCUT2D eigenvalue weighted by Gasteiger charge is 2.36. The molecule has 2 heterocycles. The van der Waals surface area contributed by atoms with Crippen LogP contribution in [0.25, 0.3) is 0 Å². The lowest BCUT2D eigenvalue weighted by Gasteiger charge is -2.25. The van der Waals surface area contributed by atoms with Crippen LogP contribution in [0.3, 0.4) is 0 Å². The molecule has 1 aliphatic heterocycles. The summed E-state index contributed by atoms with van der Waals surface area (Å²) in [5, 5.41) is 0. The largest absolute Gasteiger partial charge is 0.381 e. The number of sulfonamides is 1. The second-order valence-electron chi connectivity index (χ2n) is 6.30. The van der Waals surface area contributed by atoms with Gasteiger partial charge in [-0.2, -0.15) is 0 Å². The molecule has 8 heteroatoms. The predicted molar refractivity (Wildman–Crippen MR) is 84.6 cm³/mol. The van der Waals surface area contributed by atoms with Gasteiger partial charge in [0.15, 0.2) is 0 Å². The number of aryl methyl sites for hydroxylation is 1. The fraction of sp³-hybridized carbons (Fsp3) is 0.667. The number of hydrogen-bond donors (Lipinski definition) is 1. The van der Waals surface area contributed by atoms with Gasteiger partial charge in [-0.15, -0.1) is 0 Å². The van der Waals surface area contributed by atoms with E-state index in [9.17, 15) is 13.2 Å². The SMILES string of the molecule is CNS(=O)(=O)c1cc(C(=O)N(C[C@H]2CCOC2)C2CC2)n(C)c1. The van der Waals surface area contributed by atoms with E-state index in [1.54, 1.807) is 11.6 Å². The van der Waals surface area contributed by atoms with Gasteiger partial charge in [0.25, 0.3) is 5.91 Å². The molecule has 1 aromatic heterocycles. The molecule has 2 aliphatic rings. The Bertz CT molecular complexity index is 688. The summed E-state index contributed by atoms with van der Waals surface area (Å²) in [4.78, 5) is 14.9. The number of ether oxygens (including phenoxy) is 1. The molecule has 0 spiro atoms. The highest BCUT2D eigenvalue weighted by molar-refractivity contribution is 7.89. The van der Waals surface area contributed by atoms with Crippen LogP contribution in [0.2, 0.25) is 0 Å². The Balaban J connectivity index is 1.82. The number of nitrogens with zero attached hydrogens (tertiary/aromatic N) is 2. The van der Waals surface area contributed by atoms with Crippen LogP contribution in [0.5, 0.6) is 0 Å². The smallest absolute Gasteiger partial charge is 0.270 e. The second-order valence-corrected chi connectivity index (χ2v) is 8.18. The van der Waals surface area contributed by atoms with E-state index in [-0.39, 0.29) is 16.8 Å². The van der Waals surface area contributed by atoms with Crippen molar-refractivity contribution in [3.8, 4) is 0 Å². The van der Waals surface area contributed by atoms with Crippen LogP contribution in [-0.4, -0.2) is 56.6 Å². The molecule has 0 aromatic carbocycles. The fourth-order valence-corrected chi connectivity index (χ4v) is 3.75. The van der Waals surface area contributed by atoms with Crippen molar-refractivity contribution < 1.29 is 17.9 Å². The molecule has 0 radical (unpaired) electrons. The number of carbonyl (C=O) groups is 1. The summed E-state index contributed by atoms with van der Waals surface area (Å²) in [6, 6.07) is 1.73. The molecule has 1 saturated heterocycles. The Morgan fingerprint density at radius 2 is 2.17 bits per heavy atom. The van der Waals surface area contributed by atoms with Gasteiger partial charge in [0.05, 0.1) is 6.61 Å². The fourth-order valence-electron chi connectivity index (χ4n) is 2.95. The summed E-state index contributed by atoms with van der Waals surface area (Å²) in [5.74, 6) is 0.278. The minimum Gasteiger partial charge on any atom is -0.381 e. The minimum atomic E-state index is -3.55. The number of aromatic nitrogens is 1. The van der Waals surface area contributed by atoms with Crippen molar-refractivity contribution in [3.05, 3.63) is 18.0 Å². The van der Waals surface area contributed by atoms with Crippen LogP contribution >= 0.6 is 0 Å². The number of rotatable bonds is 6. The zero-order valence-corrected chi connectivity index (χ0v) is 14.3. The van der Waals surface area contributed by atoms with Crippen molar-refractivity contribution in [2.24, 2.45) is 13.0 Å². The van der Waals surface area contributed by atoms with Gasteiger partial charge < -0.3 is 14.2 Å². The lowest BCUT2D eigenvalue weighted by atomic mass is 10.1. The lowest BCUT2D eigenvalue weighted by molar-refractivity contribution is 0.0696. The number of carbonyl (C=O) groups excluding carboxylic acids is 1. The lowest BCUT2D eigenvalue weighted by Crippen LogP contribution is -2.38. The van der Waals surface area contributed by atoms with Crippen molar-refractivity contribution in [1.82, 2.24) is 14.2 Å². The van der Waals surface area contributed by atoms with Crippen LogP contribution in [0, 0.1) is 5.92 Å². The highest BCUT2D eigenvalue weighted by atomic mass is 32.2. The Kier molecular flexibility index (Phi) is 4.48. The first-order valence-electron chi connectivity index (χ1n) is 7.91. The van der Waals surface area contributed by atoms with Gasteiger partial charge in [0, 0.05) is 38.4 Å². The molecule has 2 fully saturated rings. The van der Waals surface area contributed by atoms with Crippen LogP contribution in [0.4, 0.5) is 0 Å². The third-order valence-electron chi connectivity index (χ3n) is 4.51. The maximum absolute atomic E-state index is 12.9. The monoisotopic (exact) mass is 341 g/mol. The molecule has 3 rings (SSSR count). The van der Waals surface area contributed by atoms with Crippen LogP contribution in [0.15, 0.2) is 17.2 Å². The van der Waals surface area contributed by atoms with Crippen molar-refractivity contribution in [3.63, 3.8) is 0 Å². The van der Waals surface area contributed by atoms with E-state index < -0.39 is 10.0 Å². The molecule has 1 amide bonds. The van der Waals surface area contributed by atoms with E-state index in [2.05, 4.69) is 4.72 Å². The van der Waals surface area contributed by atoms with Gasteiger partial charge >= 0.3 is 0 Å². The Labute approximate surface area is 136 Å². The van der Waals surface area contributed by atoms with Crippen molar-refractivity contribution in [2.75, 3.05) is 26.8 Å². The number of amides is 1. The van der Waals surface area contributed by atoms with Crippen molar-refractivity contribution in [1.29, 1.82) is 0 Å². The summed E-state index contributed by atoms with van der Waals surface area (Å²) < 4.78 is 33.1. The predicted octanol–water partition coefficient (Wildman–Crippen LogP) is 0.574. The summed E-state index contributed by atoms with van der Waals surface area (Å²) in [6.45, 7) is 2.14. The average molecular weight is 341 g/mol. The Morgan fingerprint density at radius 1 is 1.43 bits per heavy atom. The maximum atomic E-state index is 12.9. The number of hydrogen-bond acceptors (Lipinski definition) is 4. The molecule has 128 valence electrons. The standard InChI is InChI=1S/C15H23N3O4S/c1-16-23(20,21)13-7-14(17(2)9-13)15(19)18(12-3-4-12)8-11-5-6-22-10-11/h7,9,11-12,16H,3-6,8,10H2,1-2H3/t11-/m1/s1. The Morgan fingerprint density at radius 3 is 2.74 bits per heavy atom. The first kappa shape index (κ1) is 16.5. The number of nitrogens with one attached hydrogen (secondary N) is 1. The summed E-state index contributed by atoms with van der Waals surface area (Å²) in [7, 11) is -0.486. The maximum Gasteiger partial charge on any atom is 0.270 e. The van der Waals surface area contributed by atoms with E-state index in [0.29, 0.717) is 24.8 Å². The van der Waals surface area contributed by atoms with Gasteiger partial charge in [-0.05, 0) is 32.4 Å². The van der Waals surface area contributed by atoms with Gasteiger partial charge in [-0.25, -0.2) is 13.1 Å². The van der Waals surface area contributed by atoms with Crippen LogP contribution < -0.4 is 4.72 Å². The summed E-state index contributed by atoms with van der Waals surface area (Å²) >= 11 is 0. The molecule has 0 bridgehead atoms. The second kappa shape index (κ2) is 6.26. The van der Waals surface area contributed by atoms with Crippen molar-refractivity contribution in [2.45, 2.75) is 30.2 Å². The minimum absolute atomic E-state index is 0.0977. The molecule has 1 saturated carbocycles. The zero-order chi connectivity index (χ0) is 16.6. The molecule has 1 aliphatic carbocycles. The van der Waals surface area contributed by atoms with Gasteiger partial charge in [0.1, 0.15) is 10.6 Å². The molecular weight excluding hydrogens is 318 g/mol. The van der Waals surface area contributed by atoms with E-state index in [1.165, 1.54) is 19.3 Å². The summed E-state index contributed by atoms with van der Waals surface area (Å²) in [5.41, 5.74) is 0.407. The average Bonchev–Trinajstić information content (AvgIpc) is 3.07. The van der Waals surface area contributed by atoms with Gasteiger partial charge in [0.2, 0.25) is 10.0 Å². The molecule has 1 atom stereocenters. The zero-order valence-electron chi connectivity index (χ0n) is 13.5. The highest BCUT2D eigenvalue weighted by Crippen LogP contribution is 2.30. The molecule has 1 N–H and O–H groups in total. The first-order valence-corrected chi connectivity index (χ1v) is 9.39. The van der Waals surface area contributed by atoms with Crippen LogP contribution in [0.1, 0.15) is 29.8 Å². The molecular formula is C15H23N3O4S. The van der Waals surface area contributed by atoms with E-state index in [4.69, 9.17) is 4.74 Å². The van der Waals surface area contributed by atoms with Crippen molar-refractivity contribution >= 4 is 15.9 Å². The third kappa shape index (κ3) is 3.44. The molecule has 1 aromatic rings.